The zero-order valence-corrected chi connectivity index (χ0v) is 19.5. The highest BCUT2D eigenvalue weighted by Crippen LogP contribution is 2.33. The lowest BCUT2D eigenvalue weighted by Crippen LogP contribution is -1.98. The standard InChI is InChI=1S/C28H17N3OS2/c32-27(34-28-31-22-13-7-8-14-24(22)33-28)20-15-16-21-23(17-20)30-26(19-11-5-2-6-12-19)25(29-21)18-9-3-1-4-10-18/h1-17H. The molecule has 4 nitrogen and oxygen atoms in total. The maximum Gasteiger partial charge on any atom is 0.226 e. The van der Waals surface area contributed by atoms with Gasteiger partial charge in [-0.05, 0) is 42.1 Å². The van der Waals surface area contributed by atoms with E-state index in [0.29, 0.717) is 11.1 Å². The molecule has 0 amide bonds. The Morgan fingerprint density at radius 2 is 1.24 bits per heavy atom. The summed E-state index contributed by atoms with van der Waals surface area (Å²) in [5, 5.41) is -0.0591. The molecule has 0 bridgehead atoms. The molecule has 0 spiro atoms. The molecule has 0 aliphatic rings. The number of hydrogen-bond donors (Lipinski definition) is 0. The maximum atomic E-state index is 13.1. The Balaban J connectivity index is 1.41. The van der Waals surface area contributed by atoms with Crippen LogP contribution < -0.4 is 0 Å². The normalized spacial score (nSPS) is 11.2. The molecule has 0 saturated carbocycles. The van der Waals surface area contributed by atoms with Crippen molar-refractivity contribution < 1.29 is 4.79 Å². The van der Waals surface area contributed by atoms with Crippen LogP contribution in [0, 0.1) is 0 Å². The fourth-order valence-corrected chi connectivity index (χ4v) is 5.72. The molecule has 0 saturated heterocycles. The van der Waals surface area contributed by atoms with E-state index in [-0.39, 0.29) is 5.12 Å². The minimum Gasteiger partial charge on any atom is -0.281 e. The molecule has 0 unspecified atom stereocenters. The van der Waals surface area contributed by atoms with Crippen molar-refractivity contribution in [1.82, 2.24) is 15.0 Å². The molecule has 34 heavy (non-hydrogen) atoms. The summed E-state index contributed by atoms with van der Waals surface area (Å²) < 4.78 is 1.81. The van der Waals surface area contributed by atoms with Crippen LogP contribution in [0.15, 0.2) is 107 Å². The van der Waals surface area contributed by atoms with Gasteiger partial charge < -0.3 is 0 Å². The number of thiazole rings is 1. The van der Waals surface area contributed by atoms with Gasteiger partial charge in [0.15, 0.2) is 4.34 Å². The summed E-state index contributed by atoms with van der Waals surface area (Å²) >= 11 is 2.68. The number of para-hydroxylation sites is 1. The first kappa shape index (κ1) is 20.7. The summed E-state index contributed by atoms with van der Waals surface area (Å²) in [6.45, 7) is 0. The molecule has 0 N–H and O–H groups in total. The number of benzene rings is 4. The molecule has 162 valence electrons. The molecular formula is C28H17N3OS2. The molecular weight excluding hydrogens is 458 g/mol. The quantitative estimate of drug-likeness (QED) is 0.247. The highest BCUT2D eigenvalue weighted by atomic mass is 32.2. The minimum atomic E-state index is -0.0591. The van der Waals surface area contributed by atoms with Crippen LogP contribution in [0.25, 0.3) is 43.8 Å². The lowest BCUT2D eigenvalue weighted by Gasteiger charge is -2.11. The summed E-state index contributed by atoms with van der Waals surface area (Å²) in [4.78, 5) is 27.5. The monoisotopic (exact) mass is 475 g/mol. The molecule has 4 aromatic carbocycles. The first-order valence-electron chi connectivity index (χ1n) is 10.7. The topological polar surface area (TPSA) is 55.7 Å². The Labute approximate surface area is 204 Å². The van der Waals surface area contributed by atoms with Gasteiger partial charge in [-0.2, -0.15) is 0 Å². The largest absolute Gasteiger partial charge is 0.281 e. The zero-order valence-electron chi connectivity index (χ0n) is 17.9. The number of rotatable bonds is 4. The van der Waals surface area contributed by atoms with E-state index < -0.39 is 0 Å². The first-order chi connectivity index (χ1) is 16.7. The highest BCUT2D eigenvalue weighted by Gasteiger charge is 2.16. The highest BCUT2D eigenvalue weighted by molar-refractivity contribution is 8.15. The predicted octanol–water partition coefficient (Wildman–Crippen LogP) is 7.51. The second-order valence-electron chi connectivity index (χ2n) is 7.69. The minimum absolute atomic E-state index is 0.0591. The summed E-state index contributed by atoms with van der Waals surface area (Å²) in [5.74, 6) is 0. The SMILES string of the molecule is O=C(Sc1nc2ccccc2s1)c1ccc2nc(-c3ccccc3)c(-c3ccccc3)nc2c1. The number of thioether (sulfide) groups is 1. The van der Waals surface area contributed by atoms with E-state index in [1.54, 1.807) is 0 Å². The molecule has 2 aromatic heterocycles. The third-order valence-electron chi connectivity index (χ3n) is 5.45. The van der Waals surface area contributed by atoms with Gasteiger partial charge in [0, 0.05) is 16.7 Å². The number of hydrogen-bond acceptors (Lipinski definition) is 6. The van der Waals surface area contributed by atoms with E-state index >= 15 is 0 Å². The van der Waals surface area contributed by atoms with E-state index in [0.717, 1.165) is 54.3 Å². The van der Waals surface area contributed by atoms with Gasteiger partial charge in [0.2, 0.25) is 5.12 Å². The lowest BCUT2D eigenvalue weighted by atomic mass is 10.0. The lowest BCUT2D eigenvalue weighted by molar-refractivity contribution is 0.108. The molecule has 0 radical (unpaired) electrons. The average Bonchev–Trinajstić information content (AvgIpc) is 3.31. The summed E-state index contributed by atoms with van der Waals surface area (Å²) in [6.07, 6.45) is 0. The van der Waals surface area contributed by atoms with Crippen molar-refractivity contribution in [2.75, 3.05) is 0 Å². The molecule has 6 heteroatoms. The summed E-state index contributed by atoms with van der Waals surface area (Å²) in [6, 6.07) is 33.5. The maximum absolute atomic E-state index is 13.1. The molecule has 0 aliphatic heterocycles. The Morgan fingerprint density at radius 3 is 1.91 bits per heavy atom. The van der Waals surface area contributed by atoms with Gasteiger partial charge >= 0.3 is 0 Å². The fraction of sp³-hybridized carbons (Fsp3) is 0. The van der Waals surface area contributed by atoms with Crippen LogP contribution in [0.3, 0.4) is 0 Å². The second kappa shape index (κ2) is 8.82. The van der Waals surface area contributed by atoms with Crippen molar-refractivity contribution in [3.05, 3.63) is 109 Å². The van der Waals surface area contributed by atoms with E-state index in [1.165, 1.54) is 11.3 Å². The third-order valence-corrected chi connectivity index (χ3v) is 7.47. The van der Waals surface area contributed by atoms with Crippen molar-refractivity contribution in [1.29, 1.82) is 0 Å². The summed E-state index contributed by atoms with van der Waals surface area (Å²) in [5.41, 5.74) is 6.53. The van der Waals surface area contributed by atoms with Gasteiger partial charge in [-0.15, -0.1) is 11.3 Å². The van der Waals surface area contributed by atoms with Gasteiger partial charge in [-0.1, -0.05) is 72.8 Å². The van der Waals surface area contributed by atoms with Crippen LogP contribution in [0.4, 0.5) is 0 Å². The van der Waals surface area contributed by atoms with Crippen LogP contribution in [0.2, 0.25) is 0 Å². The smallest absolute Gasteiger partial charge is 0.226 e. The zero-order chi connectivity index (χ0) is 22.9. The number of carbonyl (C=O) groups is 1. The van der Waals surface area contributed by atoms with Crippen LogP contribution >= 0.6 is 23.1 Å². The van der Waals surface area contributed by atoms with Crippen LogP contribution in [-0.2, 0) is 0 Å². The number of carbonyl (C=O) groups excluding carboxylic acids is 1. The average molecular weight is 476 g/mol. The molecule has 6 rings (SSSR count). The van der Waals surface area contributed by atoms with Gasteiger partial charge in [0.25, 0.3) is 0 Å². The molecule has 0 atom stereocenters. The Hall–Kier alpha value is -3.87. The first-order valence-corrected chi connectivity index (χ1v) is 12.4. The van der Waals surface area contributed by atoms with Crippen molar-refractivity contribution in [3.63, 3.8) is 0 Å². The molecule has 0 fully saturated rings. The van der Waals surface area contributed by atoms with E-state index in [2.05, 4.69) is 4.98 Å². The van der Waals surface area contributed by atoms with E-state index in [4.69, 9.17) is 9.97 Å². The Bertz CT molecular complexity index is 1610. The van der Waals surface area contributed by atoms with Gasteiger partial charge in [-0.3, -0.25) is 4.79 Å². The van der Waals surface area contributed by atoms with Crippen molar-refractivity contribution in [2.45, 2.75) is 4.34 Å². The van der Waals surface area contributed by atoms with Crippen molar-refractivity contribution >= 4 is 49.5 Å². The van der Waals surface area contributed by atoms with Crippen LogP contribution in [-0.4, -0.2) is 20.1 Å². The number of aromatic nitrogens is 3. The second-order valence-corrected chi connectivity index (χ2v) is 9.94. The summed E-state index contributed by atoms with van der Waals surface area (Å²) in [7, 11) is 0. The van der Waals surface area contributed by atoms with E-state index in [1.807, 2.05) is 103 Å². The Kier molecular flexibility index (Phi) is 5.37. The van der Waals surface area contributed by atoms with Crippen molar-refractivity contribution in [3.8, 4) is 22.5 Å². The van der Waals surface area contributed by atoms with Gasteiger partial charge in [0.05, 0.1) is 32.6 Å². The molecule has 6 aromatic rings. The van der Waals surface area contributed by atoms with Crippen molar-refractivity contribution in [2.24, 2.45) is 0 Å². The van der Waals surface area contributed by atoms with Gasteiger partial charge in [0.1, 0.15) is 0 Å². The van der Waals surface area contributed by atoms with Gasteiger partial charge in [-0.25, -0.2) is 15.0 Å². The fourth-order valence-electron chi connectivity index (χ4n) is 3.81. The van der Waals surface area contributed by atoms with E-state index in [9.17, 15) is 4.79 Å². The molecule has 2 heterocycles. The number of nitrogens with zero attached hydrogens (tertiary/aromatic N) is 3. The molecule has 0 aliphatic carbocycles. The Morgan fingerprint density at radius 1 is 0.618 bits per heavy atom. The van der Waals surface area contributed by atoms with Crippen LogP contribution in [0.5, 0.6) is 0 Å². The number of fused-ring (bicyclic) bond motifs is 2. The third kappa shape index (κ3) is 3.98. The predicted molar refractivity (Wildman–Crippen MR) is 140 cm³/mol. The van der Waals surface area contributed by atoms with Crippen LogP contribution in [0.1, 0.15) is 10.4 Å².